The van der Waals surface area contributed by atoms with E-state index in [1.165, 1.54) is 17.1 Å². The molecule has 0 bridgehead atoms. The molecule has 0 aromatic carbocycles. The number of aryl methyl sites for hydroxylation is 2. The summed E-state index contributed by atoms with van der Waals surface area (Å²) in [6.07, 6.45) is 2.50. The molecule has 0 atom stereocenters. The van der Waals surface area contributed by atoms with Crippen molar-refractivity contribution in [2.45, 2.75) is 18.7 Å². The average Bonchev–Trinajstić information content (AvgIpc) is 2.63. The molecule has 2 N–H and O–H groups in total. The van der Waals surface area contributed by atoms with Gasteiger partial charge in [0.25, 0.3) is 0 Å². The molecule has 2 heterocycles. The topological polar surface area (TPSA) is 104 Å². The molecule has 0 fully saturated rings. The van der Waals surface area contributed by atoms with E-state index in [9.17, 15) is 8.42 Å². The molecule has 0 amide bonds. The minimum absolute atomic E-state index is 0.0496. The van der Waals surface area contributed by atoms with Crippen LogP contribution in [0.2, 0.25) is 0 Å². The minimum Gasteiger partial charge on any atom is -0.238 e. The highest BCUT2D eigenvalue weighted by Gasteiger charge is 2.12. The van der Waals surface area contributed by atoms with Crippen LogP contribution in [0.3, 0.4) is 0 Å². The van der Waals surface area contributed by atoms with Gasteiger partial charge >= 0.3 is 0 Å². The Labute approximate surface area is 98.4 Å². The standard InChI is InChI=1S/C9H11N5O2S/c1-6-3-9(13-7(2)12-6)14-5-8(4-11-14)17(10,15)16/h3-5H,1-2H3,(H2,10,15,16). The molecule has 2 aromatic heterocycles. The van der Waals surface area contributed by atoms with Crippen molar-refractivity contribution < 1.29 is 8.42 Å². The SMILES string of the molecule is Cc1cc(-n2cc(S(N)(=O)=O)cn2)nc(C)n1. The van der Waals surface area contributed by atoms with E-state index in [2.05, 4.69) is 15.1 Å². The summed E-state index contributed by atoms with van der Waals surface area (Å²) in [6, 6.07) is 1.70. The van der Waals surface area contributed by atoms with Gasteiger partial charge in [-0.2, -0.15) is 5.10 Å². The van der Waals surface area contributed by atoms with Crippen LogP contribution in [0.25, 0.3) is 5.82 Å². The zero-order chi connectivity index (χ0) is 12.6. The first-order chi connectivity index (χ1) is 7.86. The maximum absolute atomic E-state index is 11.1. The molecule has 0 aliphatic carbocycles. The predicted octanol–water partition coefficient (Wildman–Crippen LogP) is -0.0735. The Morgan fingerprint density at radius 3 is 2.53 bits per heavy atom. The molecule has 0 aliphatic heterocycles. The second kappa shape index (κ2) is 3.90. The summed E-state index contributed by atoms with van der Waals surface area (Å²) in [5.74, 6) is 1.09. The van der Waals surface area contributed by atoms with E-state index in [-0.39, 0.29) is 4.90 Å². The summed E-state index contributed by atoms with van der Waals surface area (Å²) in [7, 11) is -3.74. The molecule has 90 valence electrons. The van der Waals surface area contributed by atoms with Gasteiger partial charge in [-0.1, -0.05) is 0 Å². The first-order valence-electron chi connectivity index (χ1n) is 4.76. The summed E-state index contributed by atoms with van der Waals surface area (Å²) in [6.45, 7) is 3.57. The van der Waals surface area contributed by atoms with Crippen LogP contribution >= 0.6 is 0 Å². The lowest BCUT2D eigenvalue weighted by molar-refractivity contribution is 0.598. The van der Waals surface area contributed by atoms with Crippen molar-refractivity contribution in [3.63, 3.8) is 0 Å². The summed E-state index contributed by atoms with van der Waals surface area (Å²) >= 11 is 0. The van der Waals surface area contributed by atoms with E-state index in [0.29, 0.717) is 11.6 Å². The van der Waals surface area contributed by atoms with Crippen molar-refractivity contribution in [3.8, 4) is 5.82 Å². The third-order valence-corrected chi connectivity index (χ3v) is 2.94. The van der Waals surface area contributed by atoms with Gasteiger partial charge in [-0.25, -0.2) is 28.2 Å². The van der Waals surface area contributed by atoms with Crippen LogP contribution in [0, 0.1) is 13.8 Å². The normalized spacial score (nSPS) is 11.7. The average molecular weight is 253 g/mol. The highest BCUT2D eigenvalue weighted by Crippen LogP contribution is 2.10. The van der Waals surface area contributed by atoms with Crippen molar-refractivity contribution in [1.29, 1.82) is 0 Å². The molecule has 0 aliphatic rings. The Bertz CT molecular complexity index is 642. The predicted molar refractivity (Wildman–Crippen MR) is 60.0 cm³/mol. The van der Waals surface area contributed by atoms with Gasteiger partial charge in [0.05, 0.1) is 12.4 Å². The van der Waals surface area contributed by atoms with Crippen LogP contribution < -0.4 is 5.14 Å². The van der Waals surface area contributed by atoms with Crippen molar-refractivity contribution >= 4 is 10.0 Å². The van der Waals surface area contributed by atoms with Crippen molar-refractivity contribution in [1.82, 2.24) is 19.7 Å². The highest BCUT2D eigenvalue weighted by molar-refractivity contribution is 7.89. The first kappa shape index (κ1) is 11.7. The number of rotatable bonds is 2. The smallest absolute Gasteiger partial charge is 0.238 e. The Morgan fingerprint density at radius 2 is 2.00 bits per heavy atom. The second-order valence-corrected chi connectivity index (χ2v) is 5.14. The third kappa shape index (κ3) is 2.48. The number of hydrogen-bond acceptors (Lipinski definition) is 5. The fourth-order valence-electron chi connectivity index (χ4n) is 1.39. The van der Waals surface area contributed by atoms with Crippen LogP contribution in [-0.4, -0.2) is 28.2 Å². The Morgan fingerprint density at radius 1 is 1.29 bits per heavy atom. The summed E-state index contributed by atoms with van der Waals surface area (Å²) < 4.78 is 23.6. The number of primary sulfonamides is 1. The molecule has 17 heavy (non-hydrogen) atoms. The molecular formula is C9H11N5O2S. The van der Waals surface area contributed by atoms with Crippen LogP contribution in [0.4, 0.5) is 0 Å². The zero-order valence-corrected chi connectivity index (χ0v) is 10.1. The molecule has 0 unspecified atom stereocenters. The van der Waals surface area contributed by atoms with Crippen LogP contribution in [0.1, 0.15) is 11.5 Å². The molecule has 0 saturated carbocycles. The summed E-state index contributed by atoms with van der Waals surface area (Å²) in [5.41, 5.74) is 0.778. The van der Waals surface area contributed by atoms with Crippen LogP contribution in [0.15, 0.2) is 23.4 Å². The quantitative estimate of drug-likeness (QED) is 0.806. The van der Waals surface area contributed by atoms with E-state index in [4.69, 9.17) is 5.14 Å². The molecule has 2 aromatic rings. The second-order valence-electron chi connectivity index (χ2n) is 3.58. The lowest BCUT2D eigenvalue weighted by Gasteiger charge is -2.02. The largest absolute Gasteiger partial charge is 0.241 e. The van der Waals surface area contributed by atoms with Gasteiger partial charge in [0.15, 0.2) is 5.82 Å². The summed E-state index contributed by atoms with van der Waals surface area (Å²) in [5, 5.41) is 8.90. The van der Waals surface area contributed by atoms with Crippen molar-refractivity contribution in [2.75, 3.05) is 0 Å². The van der Waals surface area contributed by atoms with Crippen LogP contribution in [-0.2, 0) is 10.0 Å². The fourth-order valence-corrected chi connectivity index (χ4v) is 1.83. The first-order valence-corrected chi connectivity index (χ1v) is 6.31. The van der Waals surface area contributed by atoms with E-state index >= 15 is 0 Å². The van der Waals surface area contributed by atoms with Gasteiger partial charge in [-0.15, -0.1) is 0 Å². The number of nitrogens with zero attached hydrogens (tertiary/aromatic N) is 4. The molecule has 0 radical (unpaired) electrons. The maximum atomic E-state index is 11.1. The molecule has 8 heteroatoms. The van der Waals surface area contributed by atoms with E-state index in [1.807, 2.05) is 6.92 Å². The lowest BCUT2D eigenvalue weighted by Crippen LogP contribution is -2.11. The van der Waals surface area contributed by atoms with Gasteiger partial charge < -0.3 is 0 Å². The molecule has 0 spiro atoms. The number of nitrogens with two attached hydrogens (primary N) is 1. The number of sulfonamides is 1. The Kier molecular flexibility index (Phi) is 2.68. The van der Waals surface area contributed by atoms with E-state index < -0.39 is 10.0 Å². The van der Waals surface area contributed by atoms with Gasteiger partial charge in [0, 0.05) is 11.8 Å². The molecular weight excluding hydrogens is 242 g/mol. The number of hydrogen-bond donors (Lipinski definition) is 1. The van der Waals surface area contributed by atoms with Gasteiger partial charge in [0.2, 0.25) is 10.0 Å². The van der Waals surface area contributed by atoms with Gasteiger partial charge in [-0.3, -0.25) is 0 Å². The molecule has 0 saturated heterocycles. The molecule has 7 nitrogen and oxygen atoms in total. The maximum Gasteiger partial charge on any atom is 0.241 e. The van der Waals surface area contributed by atoms with E-state index in [1.54, 1.807) is 13.0 Å². The zero-order valence-electron chi connectivity index (χ0n) is 9.32. The van der Waals surface area contributed by atoms with Crippen molar-refractivity contribution in [3.05, 3.63) is 30.0 Å². The highest BCUT2D eigenvalue weighted by atomic mass is 32.2. The Hall–Kier alpha value is -1.80. The van der Waals surface area contributed by atoms with Gasteiger partial charge in [-0.05, 0) is 13.8 Å². The monoisotopic (exact) mass is 253 g/mol. The van der Waals surface area contributed by atoms with Gasteiger partial charge in [0.1, 0.15) is 10.7 Å². The molecule has 2 rings (SSSR count). The minimum atomic E-state index is -3.74. The Balaban J connectivity index is 2.51. The van der Waals surface area contributed by atoms with E-state index in [0.717, 1.165) is 5.69 Å². The number of aromatic nitrogens is 4. The summed E-state index contributed by atoms with van der Waals surface area (Å²) in [4.78, 5) is 8.22. The fraction of sp³-hybridized carbons (Fsp3) is 0.222. The van der Waals surface area contributed by atoms with Crippen molar-refractivity contribution in [2.24, 2.45) is 5.14 Å². The van der Waals surface area contributed by atoms with Crippen LogP contribution in [0.5, 0.6) is 0 Å². The lowest BCUT2D eigenvalue weighted by atomic mass is 10.4. The third-order valence-electron chi connectivity index (χ3n) is 2.07.